The number of rotatable bonds is 25. The zero-order valence-corrected chi connectivity index (χ0v) is 43.5. The van der Waals surface area contributed by atoms with E-state index in [-0.39, 0.29) is 102 Å². The highest BCUT2D eigenvalue weighted by Crippen LogP contribution is 2.17. The van der Waals surface area contributed by atoms with Crippen molar-refractivity contribution in [2.45, 2.75) is 179 Å². The summed E-state index contributed by atoms with van der Waals surface area (Å²) in [7, 11) is 0. The van der Waals surface area contributed by atoms with Gasteiger partial charge in [0.2, 0.25) is 41.4 Å². The predicted octanol–water partition coefficient (Wildman–Crippen LogP) is -1.26. The van der Waals surface area contributed by atoms with Crippen LogP contribution >= 0.6 is 0 Å². The normalized spacial score (nSPS) is 23.7. The maximum atomic E-state index is 14.3. The molecule has 1 heterocycles. The first-order valence-electron chi connectivity index (χ1n) is 26.1. The lowest BCUT2D eigenvalue weighted by atomic mass is 9.92. The van der Waals surface area contributed by atoms with Gasteiger partial charge in [0.15, 0.2) is 5.78 Å². The molecule has 2 rings (SSSR count). The SMILES string of the molecule is CCCCCCC[C@@H](O)CC(=O)C[C@H](CCN)C(=O)N[C@H]1CCNC(=O)[C@H]([C@@H](C)O)CC(=O)[C@H](CCN)NC(=O)[C@H](CCN)NC(=O)[C@H](CC(C)C)NC(=O)[C@@H](Cc2ccccc2)NC(=O)[C@H](CCN)NC1=O. The molecule has 1 fully saturated rings. The highest BCUT2D eigenvalue weighted by molar-refractivity contribution is 5.98. The van der Waals surface area contributed by atoms with E-state index in [2.05, 4.69) is 44.1 Å². The molecule has 10 atom stereocenters. The Hall–Kier alpha value is -5.39. The Balaban J connectivity index is 2.66. The minimum Gasteiger partial charge on any atom is -0.393 e. The summed E-state index contributed by atoms with van der Waals surface area (Å²) in [6, 6.07) is 0.754. The van der Waals surface area contributed by atoms with Crippen LogP contribution in [0, 0.1) is 17.8 Å². The van der Waals surface area contributed by atoms with Crippen LogP contribution in [0.15, 0.2) is 30.3 Å². The molecule has 7 amide bonds. The maximum absolute atomic E-state index is 14.3. The third-order valence-corrected chi connectivity index (χ3v) is 12.8. The molecule has 412 valence electrons. The molecule has 1 aliphatic rings. The number of carbonyl (C=O) groups excluding carboxylic acids is 9. The molecule has 0 spiro atoms. The first-order valence-corrected chi connectivity index (χ1v) is 26.1. The first kappa shape index (κ1) is 63.7. The van der Waals surface area contributed by atoms with Gasteiger partial charge in [0.1, 0.15) is 36.0 Å². The second-order valence-corrected chi connectivity index (χ2v) is 19.6. The third-order valence-electron chi connectivity index (χ3n) is 12.8. The lowest BCUT2D eigenvalue weighted by Gasteiger charge is -2.28. The van der Waals surface area contributed by atoms with Gasteiger partial charge in [0.05, 0.1) is 24.2 Å². The molecule has 22 heteroatoms. The number of hydrogen-bond acceptors (Lipinski definition) is 15. The van der Waals surface area contributed by atoms with Crippen LogP contribution in [-0.4, -0.2) is 144 Å². The number of amides is 7. The molecule has 0 saturated carbocycles. The second kappa shape index (κ2) is 34.9. The standard InChI is InChI=1S/C51H87N11O11/c1-5-6-7-8-12-15-35(64)29-36(65)28-34(16-21-52)45(67)58-41-20-25-56-46(68)37(32(4)63)30-44(66)38(17-22-53)57-47(69)39(18-23-54)60-50(72)42(26-31(2)3)61-51(73)43(27-33-13-10-9-11-14-33)62-48(70)40(19-24-55)59-49(41)71/h9-11,13-14,31-32,34-35,37-43,63-64H,5-8,12,15-30,52-55H2,1-4H3,(H,56,68)(H,57,69)(H,58,67)(H,59,71)(H,60,72)(H,61,73)(H,62,70)/t32-,34+,35-,37+,38+,39+,40+,41+,42+,43-/m1/s1. The minimum atomic E-state index is -1.47. The van der Waals surface area contributed by atoms with Crippen molar-refractivity contribution in [3.63, 3.8) is 0 Å². The zero-order chi connectivity index (χ0) is 54.5. The summed E-state index contributed by atoms with van der Waals surface area (Å²) in [5.74, 6) is -9.14. The number of aliphatic hydroxyl groups is 2. The lowest BCUT2D eigenvalue weighted by Crippen LogP contribution is -2.60. The molecule has 22 nitrogen and oxygen atoms in total. The van der Waals surface area contributed by atoms with Crippen molar-refractivity contribution in [1.82, 2.24) is 37.2 Å². The topological polar surface area (TPSA) is 382 Å². The Labute approximate surface area is 430 Å². The molecule has 0 aliphatic carbocycles. The van der Waals surface area contributed by atoms with Crippen LogP contribution in [0.4, 0.5) is 0 Å². The van der Waals surface area contributed by atoms with E-state index in [1.54, 1.807) is 30.3 Å². The van der Waals surface area contributed by atoms with Crippen molar-refractivity contribution in [3.05, 3.63) is 35.9 Å². The first-order chi connectivity index (χ1) is 34.8. The summed E-state index contributed by atoms with van der Waals surface area (Å²) in [6.07, 6.45) is 1.43. The monoisotopic (exact) mass is 1030 g/mol. The quantitative estimate of drug-likeness (QED) is 0.0509. The largest absolute Gasteiger partial charge is 0.393 e. The summed E-state index contributed by atoms with van der Waals surface area (Å²) < 4.78 is 0. The van der Waals surface area contributed by atoms with Gasteiger partial charge in [0.25, 0.3) is 0 Å². The van der Waals surface area contributed by atoms with E-state index < -0.39 is 114 Å². The number of hydrogen-bond donors (Lipinski definition) is 13. The molecule has 0 radical (unpaired) electrons. The van der Waals surface area contributed by atoms with Crippen molar-refractivity contribution in [1.29, 1.82) is 0 Å². The number of benzene rings is 1. The van der Waals surface area contributed by atoms with E-state index in [1.165, 1.54) is 6.92 Å². The number of unbranched alkanes of at least 4 members (excludes halogenated alkanes) is 4. The zero-order valence-electron chi connectivity index (χ0n) is 43.5. The summed E-state index contributed by atoms with van der Waals surface area (Å²) >= 11 is 0. The van der Waals surface area contributed by atoms with Crippen LogP contribution in [0.2, 0.25) is 0 Å². The van der Waals surface area contributed by atoms with Crippen LogP contribution in [0.25, 0.3) is 0 Å². The van der Waals surface area contributed by atoms with E-state index in [9.17, 15) is 53.4 Å². The smallest absolute Gasteiger partial charge is 0.243 e. The fourth-order valence-electron chi connectivity index (χ4n) is 8.58. The molecular formula is C51H87N11O11. The Bertz CT molecular complexity index is 1910. The van der Waals surface area contributed by atoms with Crippen molar-refractivity contribution < 1.29 is 53.4 Å². The number of nitrogens with two attached hydrogens (primary N) is 4. The van der Waals surface area contributed by atoms with Gasteiger partial charge in [-0.25, -0.2) is 0 Å². The number of nitrogens with one attached hydrogen (secondary N) is 7. The van der Waals surface area contributed by atoms with Crippen LogP contribution in [-0.2, 0) is 49.6 Å². The lowest BCUT2D eigenvalue weighted by molar-refractivity contribution is -0.136. The van der Waals surface area contributed by atoms with Crippen LogP contribution in [0.1, 0.15) is 130 Å². The van der Waals surface area contributed by atoms with E-state index in [0.717, 1.165) is 32.1 Å². The van der Waals surface area contributed by atoms with Gasteiger partial charge < -0.3 is 70.4 Å². The number of Topliss-reactive ketones (excluding diaryl/α,β-unsaturated/α-hetero) is 2. The molecule has 73 heavy (non-hydrogen) atoms. The molecular weight excluding hydrogens is 943 g/mol. The fourth-order valence-corrected chi connectivity index (χ4v) is 8.58. The van der Waals surface area contributed by atoms with E-state index >= 15 is 0 Å². The average Bonchev–Trinajstić information content (AvgIpc) is 3.33. The van der Waals surface area contributed by atoms with Crippen molar-refractivity contribution >= 4 is 52.9 Å². The average molecular weight is 1030 g/mol. The maximum Gasteiger partial charge on any atom is 0.243 e. The summed E-state index contributed by atoms with van der Waals surface area (Å²) in [5.41, 5.74) is 24.2. The molecule has 17 N–H and O–H groups in total. The summed E-state index contributed by atoms with van der Waals surface area (Å²) in [6.45, 7) is 6.47. The van der Waals surface area contributed by atoms with Gasteiger partial charge >= 0.3 is 0 Å². The fraction of sp³-hybridized carbons (Fsp3) is 0.706. The van der Waals surface area contributed by atoms with Crippen LogP contribution < -0.4 is 60.2 Å². The van der Waals surface area contributed by atoms with Crippen molar-refractivity contribution in [2.75, 3.05) is 32.7 Å². The number of carbonyl (C=O) groups is 9. The molecule has 1 aromatic carbocycles. The Kier molecular flexibility index (Phi) is 30.5. The Morgan fingerprint density at radius 2 is 1.18 bits per heavy atom. The molecule has 0 bridgehead atoms. The molecule has 0 unspecified atom stereocenters. The van der Waals surface area contributed by atoms with Crippen molar-refractivity contribution in [3.8, 4) is 0 Å². The highest BCUT2D eigenvalue weighted by atomic mass is 16.3. The highest BCUT2D eigenvalue weighted by Gasteiger charge is 2.36. The van der Waals surface area contributed by atoms with Gasteiger partial charge in [-0.15, -0.1) is 0 Å². The van der Waals surface area contributed by atoms with Gasteiger partial charge in [-0.2, -0.15) is 0 Å². The van der Waals surface area contributed by atoms with E-state index in [1.807, 2.05) is 13.8 Å². The third kappa shape index (κ3) is 24.0. The predicted molar refractivity (Wildman–Crippen MR) is 275 cm³/mol. The number of ketones is 2. The molecule has 1 aliphatic heterocycles. The molecule has 0 aromatic heterocycles. The summed E-state index contributed by atoms with van der Waals surface area (Å²) in [5, 5.41) is 40.0. The van der Waals surface area contributed by atoms with Crippen molar-refractivity contribution in [2.24, 2.45) is 40.7 Å². The van der Waals surface area contributed by atoms with Crippen LogP contribution in [0.3, 0.4) is 0 Å². The molecule has 1 saturated heterocycles. The Morgan fingerprint density at radius 3 is 1.75 bits per heavy atom. The minimum absolute atomic E-state index is 0.00117. The molecule has 1 aromatic rings. The van der Waals surface area contributed by atoms with E-state index in [4.69, 9.17) is 22.9 Å². The van der Waals surface area contributed by atoms with Gasteiger partial charge in [-0.1, -0.05) is 83.2 Å². The Morgan fingerprint density at radius 1 is 0.644 bits per heavy atom. The van der Waals surface area contributed by atoms with Gasteiger partial charge in [0, 0.05) is 38.1 Å². The van der Waals surface area contributed by atoms with E-state index in [0.29, 0.717) is 12.0 Å². The van der Waals surface area contributed by atoms with Gasteiger partial charge in [-0.3, -0.25) is 43.2 Å². The number of aliphatic hydroxyl groups excluding tert-OH is 2. The second-order valence-electron chi connectivity index (χ2n) is 19.6. The summed E-state index contributed by atoms with van der Waals surface area (Å²) in [4.78, 5) is 126. The van der Waals surface area contributed by atoms with Gasteiger partial charge in [-0.05, 0) is 89.5 Å². The van der Waals surface area contributed by atoms with Crippen LogP contribution in [0.5, 0.6) is 0 Å².